The summed E-state index contributed by atoms with van der Waals surface area (Å²) >= 11 is 0. The summed E-state index contributed by atoms with van der Waals surface area (Å²) in [4.78, 5) is 20.2. The molecule has 2 aliphatic rings. The number of carboxylic acids is 2. The van der Waals surface area contributed by atoms with Gasteiger partial charge in [0.1, 0.15) is 11.9 Å². The first-order valence-corrected chi connectivity index (χ1v) is 7.85. The van der Waals surface area contributed by atoms with Crippen LogP contribution in [0.5, 0.6) is 0 Å². The van der Waals surface area contributed by atoms with Gasteiger partial charge in [-0.25, -0.2) is 0 Å². The molecule has 0 amide bonds. The van der Waals surface area contributed by atoms with Crippen molar-refractivity contribution >= 4 is 35.0 Å². The molecule has 0 radical (unpaired) electrons. The zero-order valence-corrected chi connectivity index (χ0v) is 18.2. The first-order chi connectivity index (χ1) is 16.2. The van der Waals surface area contributed by atoms with Crippen LogP contribution in [0, 0.1) is 0 Å². The van der Waals surface area contributed by atoms with Crippen LogP contribution in [0.4, 0.5) is 79.0 Å². The van der Waals surface area contributed by atoms with Crippen LogP contribution in [0.2, 0.25) is 0 Å². The number of hydrogen-bond donors (Lipinski definition) is 0. The van der Waals surface area contributed by atoms with Crippen molar-refractivity contribution in [2.75, 3.05) is 0 Å². The monoisotopic (exact) mass is 638 g/mol. The molecule has 2 rings (SSSR count). The minimum Gasteiger partial charge on any atom is -0.544 e. The number of hydrogen-bond acceptors (Lipinski definition) is 8. The summed E-state index contributed by atoms with van der Waals surface area (Å²) in [5.41, 5.74) is 0. The summed E-state index contributed by atoms with van der Waals surface area (Å²) in [5, 5.41) is 20.2. The van der Waals surface area contributed by atoms with Crippen molar-refractivity contribution in [3.05, 3.63) is 0 Å². The van der Waals surface area contributed by atoms with Gasteiger partial charge < -0.3 is 19.8 Å². The van der Waals surface area contributed by atoms with Crippen LogP contribution in [0.1, 0.15) is 0 Å². The van der Waals surface area contributed by atoms with Gasteiger partial charge in [0.2, 0.25) is 0 Å². The molecule has 0 aromatic carbocycles. The van der Waals surface area contributed by atoms with E-state index in [2.05, 4.69) is 18.9 Å². The molecular weight excluding hydrogens is 638 g/mol. The Labute approximate surface area is 213 Å². The maximum atomic E-state index is 13.0. The predicted octanol–water partition coefficient (Wildman–Crippen LogP) is 1.34. The Balaban J connectivity index is 0.000000722. The second kappa shape index (κ2) is 9.69. The number of ether oxygens (including phenoxy) is 4. The minimum atomic E-state index is -6.70. The summed E-state index contributed by atoms with van der Waals surface area (Å²) in [7, 11) is 0. The minimum absolute atomic E-state index is 0. The van der Waals surface area contributed by atoms with Crippen molar-refractivity contribution in [3.63, 3.8) is 0 Å². The van der Waals surface area contributed by atoms with E-state index < -0.39 is 72.1 Å². The average molecular weight is 638 g/mol. The van der Waals surface area contributed by atoms with Crippen molar-refractivity contribution in [3.8, 4) is 0 Å². The Kier molecular flexibility index (Phi) is 9.26. The summed E-state index contributed by atoms with van der Waals surface area (Å²) in [5.74, 6) is -31.1. The van der Waals surface area contributed by atoms with Gasteiger partial charge in [-0.15, -0.1) is 0 Å². The third-order valence-electron chi connectivity index (χ3n) is 3.87. The van der Waals surface area contributed by atoms with Gasteiger partial charge in [0.25, 0.3) is 0 Å². The molecule has 0 aromatic heterocycles. The molecule has 27 heteroatoms. The first kappa shape index (κ1) is 37.3. The summed E-state index contributed by atoms with van der Waals surface area (Å²) < 4.78 is 231. The molecule has 0 bridgehead atoms. The summed E-state index contributed by atoms with van der Waals surface area (Å²) in [6.07, 6.45) is -38.8. The van der Waals surface area contributed by atoms with Crippen LogP contribution in [0.15, 0.2) is 0 Å². The number of carbonyl (C=O) groups excluding carboxylic acids is 2. The fourth-order valence-corrected chi connectivity index (χ4v) is 2.12. The molecule has 0 spiro atoms. The van der Waals surface area contributed by atoms with Crippen LogP contribution < -0.4 is 10.2 Å². The van der Waals surface area contributed by atoms with Gasteiger partial charge in [-0.3, -0.25) is 18.9 Å². The molecule has 2 heterocycles. The van der Waals surface area contributed by atoms with Gasteiger partial charge in [0, 0.05) is 0 Å². The smallest absolute Gasteiger partial charge is 0.544 e. The molecule has 2 aliphatic heterocycles. The van der Waals surface area contributed by atoms with E-state index in [1.807, 2.05) is 0 Å². The molecule has 4 unspecified atom stereocenters. The number of carbonyl (C=O) groups is 2. The maximum absolute atomic E-state index is 13.0. The number of rotatable bonds is 2. The van der Waals surface area contributed by atoms with Crippen LogP contribution in [-0.4, -0.2) is 95.2 Å². The Morgan fingerprint density at radius 3 is 0.744 bits per heavy atom. The van der Waals surface area contributed by atoms with E-state index in [0.29, 0.717) is 0 Å². The maximum Gasteiger partial charge on any atom is 2.00 e. The summed E-state index contributed by atoms with van der Waals surface area (Å²) in [6.45, 7) is 0. The Hall–Kier alpha value is -1.71. The zero-order chi connectivity index (χ0) is 31.0. The third kappa shape index (κ3) is 5.47. The normalized spacial score (nSPS) is 34.5. The summed E-state index contributed by atoms with van der Waals surface area (Å²) in [6, 6.07) is 0. The quantitative estimate of drug-likeness (QED) is 0.329. The Bertz CT molecular complexity index is 884. The largest absolute Gasteiger partial charge is 2.00 e. The number of alkyl halides is 18. The van der Waals surface area contributed by atoms with Crippen LogP contribution in [0.25, 0.3) is 0 Å². The Morgan fingerprint density at radius 1 is 0.462 bits per heavy atom. The van der Waals surface area contributed by atoms with Gasteiger partial charge in [-0.1, -0.05) is 0 Å². The van der Waals surface area contributed by atoms with Gasteiger partial charge in [-0.05, 0) is 0 Å². The van der Waals surface area contributed by atoms with Crippen molar-refractivity contribution in [1.29, 1.82) is 0 Å². The number of aliphatic carboxylic acids is 2. The predicted molar refractivity (Wildman–Crippen MR) is 67.4 cm³/mol. The van der Waals surface area contributed by atoms with Crippen LogP contribution >= 0.6 is 0 Å². The molecular formula is C12F18MgO8. The van der Waals surface area contributed by atoms with Crippen LogP contribution in [-0.2, 0) is 28.5 Å². The topological polar surface area (TPSA) is 117 Å². The third-order valence-corrected chi connectivity index (χ3v) is 3.87. The van der Waals surface area contributed by atoms with Crippen molar-refractivity contribution in [2.24, 2.45) is 0 Å². The molecule has 8 nitrogen and oxygen atoms in total. The molecule has 4 atom stereocenters. The Morgan fingerprint density at radius 2 is 0.667 bits per heavy atom. The van der Waals surface area contributed by atoms with E-state index in [0.717, 1.165) is 0 Å². The van der Waals surface area contributed by atoms with Gasteiger partial charge >= 0.3 is 83.3 Å². The fourth-order valence-electron chi connectivity index (χ4n) is 2.12. The standard InChI is InChI=1S/2C6HF9O4.Mg/c2*7-3(5(11,12)13)6(14,15)19-2(18-3,1(16)17)4(8,9)10;/h2*(H,16,17);/q;;+2/p-2. The number of halogens is 18. The van der Waals surface area contributed by atoms with E-state index in [1.165, 1.54) is 0 Å². The molecule has 0 saturated carbocycles. The molecule has 39 heavy (non-hydrogen) atoms. The molecule has 2 saturated heterocycles. The van der Waals surface area contributed by atoms with E-state index >= 15 is 0 Å². The van der Waals surface area contributed by atoms with E-state index in [1.54, 1.807) is 0 Å². The SMILES string of the molecule is O=C([O-])C1(C(F)(F)F)OC(F)(F)C(F)(C(F)(F)F)O1.O=C([O-])C1(C(F)(F)F)OC(F)(F)C(F)(C(F)(F)F)O1.[Mg+2]. The van der Waals surface area contributed by atoms with E-state index in [9.17, 15) is 98.8 Å². The van der Waals surface area contributed by atoms with E-state index in [4.69, 9.17) is 0 Å². The van der Waals surface area contributed by atoms with Gasteiger partial charge in [0.05, 0.1) is 0 Å². The molecule has 2 fully saturated rings. The fraction of sp³-hybridized carbons (Fsp3) is 0.833. The molecule has 0 aromatic rings. The van der Waals surface area contributed by atoms with Gasteiger partial charge in [-0.2, -0.15) is 79.0 Å². The second-order valence-corrected chi connectivity index (χ2v) is 6.43. The van der Waals surface area contributed by atoms with E-state index in [-0.39, 0.29) is 23.1 Å². The molecule has 224 valence electrons. The number of carboxylic acid groups (broad SMARTS) is 2. The zero-order valence-electron chi connectivity index (χ0n) is 16.8. The first-order valence-electron chi connectivity index (χ1n) is 7.85. The molecule has 0 N–H and O–H groups in total. The van der Waals surface area contributed by atoms with Gasteiger partial charge in [0.15, 0.2) is 0 Å². The van der Waals surface area contributed by atoms with Crippen molar-refractivity contribution in [1.82, 2.24) is 0 Å². The molecule has 0 aliphatic carbocycles. The average Bonchev–Trinajstić information content (AvgIpc) is 3.01. The second-order valence-electron chi connectivity index (χ2n) is 6.43. The van der Waals surface area contributed by atoms with Crippen LogP contribution in [0.3, 0.4) is 0 Å². The van der Waals surface area contributed by atoms with Crippen molar-refractivity contribution < 1.29 is 118 Å². The van der Waals surface area contributed by atoms with Crippen molar-refractivity contribution in [2.45, 2.75) is 60.2 Å².